The summed E-state index contributed by atoms with van der Waals surface area (Å²) in [5.41, 5.74) is -4.75. The van der Waals surface area contributed by atoms with Crippen molar-refractivity contribution in [1.29, 1.82) is 0 Å². The summed E-state index contributed by atoms with van der Waals surface area (Å²) in [6.45, 7) is 4.72. The molecule has 3 atom stereocenters. The van der Waals surface area contributed by atoms with Gasteiger partial charge in [0, 0.05) is 0 Å². The molecule has 3 N–H and O–H groups in total. The summed E-state index contributed by atoms with van der Waals surface area (Å²) in [6.07, 6.45) is -8.76. The van der Waals surface area contributed by atoms with Gasteiger partial charge in [0.05, 0.1) is 17.2 Å². The van der Waals surface area contributed by atoms with Gasteiger partial charge in [0.15, 0.2) is 0 Å². The first-order valence-corrected chi connectivity index (χ1v) is 8.51. The van der Waals surface area contributed by atoms with Crippen molar-refractivity contribution in [3.63, 3.8) is 0 Å². The number of halogens is 4. The Hall–Kier alpha value is -1.87. The second-order valence-electron chi connectivity index (χ2n) is 7.69. The van der Waals surface area contributed by atoms with Crippen molar-refractivity contribution in [3.8, 4) is 0 Å². The van der Waals surface area contributed by atoms with E-state index in [2.05, 4.69) is 5.32 Å². The van der Waals surface area contributed by atoms with Gasteiger partial charge in [-0.2, -0.15) is 13.2 Å². The molecule has 0 aliphatic heterocycles. The molecule has 1 aliphatic rings. The van der Waals surface area contributed by atoms with Crippen LogP contribution in [0.3, 0.4) is 0 Å². The third-order valence-electron chi connectivity index (χ3n) is 4.43. The number of amides is 1. The summed E-state index contributed by atoms with van der Waals surface area (Å²) in [5.74, 6) is -1.11. The van der Waals surface area contributed by atoms with E-state index in [-0.39, 0.29) is 19.3 Å². The van der Waals surface area contributed by atoms with Gasteiger partial charge < -0.3 is 20.3 Å². The Labute approximate surface area is 154 Å². The maximum atomic E-state index is 13.5. The summed E-state index contributed by atoms with van der Waals surface area (Å²) < 4.78 is 59.2. The van der Waals surface area contributed by atoms with Crippen molar-refractivity contribution < 1.29 is 37.3 Å². The first-order chi connectivity index (χ1) is 12.3. The predicted molar refractivity (Wildman–Crippen MR) is 88.3 cm³/mol. The average molecular weight is 393 g/mol. The Morgan fingerprint density at radius 3 is 2.44 bits per heavy atom. The largest absolute Gasteiger partial charge is 0.444 e. The highest BCUT2D eigenvalue weighted by Crippen LogP contribution is 2.44. The first-order valence-electron chi connectivity index (χ1n) is 8.51. The van der Waals surface area contributed by atoms with Crippen LogP contribution in [0.5, 0.6) is 0 Å². The lowest BCUT2D eigenvalue weighted by atomic mass is 9.71. The van der Waals surface area contributed by atoms with Crippen LogP contribution in [-0.2, 0) is 16.5 Å². The topological polar surface area (TPSA) is 78.8 Å². The fourth-order valence-electron chi connectivity index (χ4n) is 3.35. The Morgan fingerprint density at radius 1 is 1.26 bits per heavy atom. The smallest absolute Gasteiger partial charge is 0.416 e. The van der Waals surface area contributed by atoms with Gasteiger partial charge in [-0.25, -0.2) is 9.18 Å². The molecule has 0 radical (unpaired) electrons. The zero-order chi connectivity index (χ0) is 20.6. The van der Waals surface area contributed by atoms with Crippen LogP contribution in [0, 0.1) is 5.82 Å². The van der Waals surface area contributed by atoms with E-state index >= 15 is 0 Å². The second-order valence-corrected chi connectivity index (χ2v) is 7.69. The molecule has 1 aliphatic carbocycles. The third kappa shape index (κ3) is 4.70. The minimum absolute atomic E-state index is 0.0841. The number of hydrogen-bond donors (Lipinski definition) is 3. The molecule has 0 saturated heterocycles. The molecule has 1 amide bonds. The molecule has 0 bridgehead atoms. The number of aliphatic hydroxyl groups excluding tert-OH is 2. The number of hydrogen-bond acceptors (Lipinski definition) is 4. The van der Waals surface area contributed by atoms with Crippen molar-refractivity contribution >= 4 is 6.09 Å². The minimum Gasteiger partial charge on any atom is -0.444 e. The lowest BCUT2D eigenvalue weighted by Gasteiger charge is -2.45. The van der Waals surface area contributed by atoms with Gasteiger partial charge in [0.25, 0.3) is 0 Å². The number of carbonyl (C=O) groups is 1. The van der Waals surface area contributed by atoms with Crippen molar-refractivity contribution in [2.24, 2.45) is 0 Å². The molecule has 1 saturated carbocycles. The fourth-order valence-corrected chi connectivity index (χ4v) is 3.35. The van der Waals surface area contributed by atoms with Crippen LogP contribution in [0.1, 0.15) is 51.2 Å². The predicted octanol–water partition coefficient (Wildman–Crippen LogP) is 3.47. The summed E-state index contributed by atoms with van der Waals surface area (Å²) in [5, 5.41) is 23.0. The highest BCUT2D eigenvalue weighted by atomic mass is 19.4. The number of aliphatic hydroxyl groups is 2. The molecular weight excluding hydrogens is 370 g/mol. The van der Waals surface area contributed by atoms with E-state index in [0.717, 1.165) is 12.1 Å². The lowest BCUT2D eigenvalue weighted by molar-refractivity contribution is -0.141. The maximum Gasteiger partial charge on any atom is 0.416 e. The summed E-state index contributed by atoms with van der Waals surface area (Å²) in [7, 11) is 0. The van der Waals surface area contributed by atoms with E-state index in [4.69, 9.17) is 4.74 Å². The van der Waals surface area contributed by atoms with Crippen LogP contribution in [0.15, 0.2) is 18.2 Å². The van der Waals surface area contributed by atoms with Gasteiger partial charge in [-0.15, -0.1) is 0 Å². The zero-order valence-corrected chi connectivity index (χ0v) is 15.2. The SMILES string of the molecule is CC(C)(C)OC(=O)NC1(c2ccc(F)cc2C(F)(F)F)CCCC(O)C1O. The standard InChI is InChI=1S/C18H23F4NO4/c1-16(2,3)27-15(26)23-17(8-4-5-13(24)14(17)25)11-7-6-10(19)9-12(11)18(20,21)22/h6-7,9,13-14,24-25H,4-5,8H2,1-3H3,(H,23,26). The van der Waals surface area contributed by atoms with Crippen molar-refractivity contribution in [3.05, 3.63) is 35.1 Å². The van der Waals surface area contributed by atoms with E-state index in [1.807, 2.05) is 0 Å². The Balaban J connectivity index is 2.60. The highest BCUT2D eigenvalue weighted by molar-refractivity contribution is 5.70. The zero-order valence-electron chi connectivity index (χ0n) is 15.2. The Kier molecular flexibility index (Phi) is 5.77. The van der Waals surface area contributed by atoms with Gasteiger partial charge in [-0.1, -0.05) is 6.07 Å². The number of alkyl carbamates (subject to hydrolysis) is 1. The summed E-state index contributed by atoms with van der Waals surface area (Å²) >= 11 is 0. The molecule has 2 rings (SSSR count). The highest BCUT2D eigenvalue weighted by Gasteiger charge is 2.51. The van der Waals surface area contributed by atoms with Crippen LogP contribution < -0.4 is 5.32 Å². The fraction of sp³-hybridized carbons (Fsp3) is 0.611. The second kappa shape index (κ2) is 7.27. The van der Waals surface area contributed by atoms with Gasteiger partial charge >= 0.3 is 12.3 Å². The third-order valence-corrected chi connectivity index (χ3v) is 4.43. The molecule has 9 heteroatoms. The Bertz CT molecular complexity index is 702. The molecule has 1 fully saturated rings. The van der Waals surface area contributed by atoms with Gasteiger partial charge in [-0.05, 0) is 57.7 Å². The average Bonchev–Trinajstić information content (AvgIpc) is 2.49. The molecule has 0 aromatic heterocycles. The first kappa shape index (κ1) is 21.4. The van der Waals surface area contributed by atoms with E-state index in [9.17, 15) is 32.6 Å². The lowest BCUT2D eigenvalue weighted by Crippen LogP contribution is -2.61. The number of ether oxygens (including phenoxy) is 1. The molecular formula is C18H23F4NO4. The van der Waals surface area contributed by atoms with E-state index in [1.165, 1.54) is 0 Å². The molecule has 1 aromatic carbocycles. The van der Waals surface area contributed by atoms with E-state index in [0.29, 0.717) is 6.07 Å². The molecule has 0 heterocycles. The summed E-state index contributed by atoms with van der Waals surface area (Å²) in [6, 6.07) is 2.00. The monoisotopic (exact) mass is 393 g/mol. The molecule has 152 valence electrons. The molecule has 5 nitrogen and oxygen atoms in total. The molecule has 1 aromatic rings. The van der Waals surface area contributed by atoms with Gasteiger partial charge in [-0.3, -0.25) is 0 Å². The van der Waals surface area contributed by atoms with Gasteiger partial charge in [0.2, 0.25) is 0 Å². The maximum absolute atomic E-state index is 13.5. The number of nitrogens with one attached hydrogen (secondary N) is 1. The Morgan fingerprint density at radius 2 is 1.89 bits per heavy atom. The van der Waals surface area contributed by atoms with Crippen molar-refractivity contribution in [2.45, 2.75) is 69.6 Å². The van der Waals surface area contributed by atoms with Crippen LogP contribution in [-0.4, -0.2) is 34.1 Å². The number of rotatable bonds is 2. The minimum atomic E-state index is -4.93. The quantitative estimate of drug-likeness (QED) is 0.673. The molecule has 27 heavy (non-hydrogen) atoms. The molecule has 3 unspecified atom stereocenters. The number of carbonyl (C=O) groups excluding carboxylic acids is 1. The molecule has 0 spiro atoms. The van der Waals surface area contributed by atoms with Crippen LogP contribution in [0.25, 0.3) is 0 Å². The normalized spacial score (nSPS) is 26.6. The number of alkyl halides is 3. The van der Waals surface area contributed by atoms with E-state index < -0.39 is 52.6 Å². The van der Waals surface area contributed by atoms with Crippen molar-refractivity contribution in [2.75, 3.05) is 0 Å². The summed E-state index contributed by atoms with van der Waals surface area (Å²) in [4.78, 5) is 12.3. The van der Waals surface area contributed by atoms with Crippen LogP contribution >= 0.6 is 0 Å². The van der Waals surface area contributed by atoms with Gasteiger partial charge in [0.1, 0.15) is 17.5 Å². The van der Waals surface area contributed by atoms with Crippen molar-refractivity contribution in [1.82, 2.24) is 5.32 Å². The number of benzene rings is 1. The van der Waals surface area contributed by atoms with E-state index in [1.54, 1.807) is 20.8 Å². The van der Waals surface area contributed by atoms with Crippen LogP contribution in [0.4, 0.5) is 22.4 Å². The van der Waals surface area contributed by atoms with Crippen LogP contribution in [0.2, 0.25) is 0 Å².